The predicted molar refractivity (Wildman–Crippen MR) is 307 cm³/mol. The third-order valence-electron chi connectivity index (χ3n) is 16.1. The first kappa shape index (κ1) is 42.9. The van der Waals surface area contributed by atoms with Crippen LogP contribution in [0.4, 0.5) is 17.1 Å². The molecule has 0 bridgehead atoms. The molecule has 1 aliphatic heterocycles. The number of aromatic nitrogens is 2. The second-order valence-corrected chi connectivity index (χ2v) is 20.0. The van der Waals surface area contributed by atoms with Crippen LogP contribution in [0.2, 0.25) is 0 Å². The third kappa shape index (κ3) is 6.35. The molecule has 1 aromatic heterocycles. The molecule has 0 atom stereocenters. The van der Waals surface area contributed by atoms with Crippen molar-refractivity contribution < 1.29 is 0 Å². The van der Waals surface area contributed by atoms with Crippen LogP contribution >= 0.6 is 0 Å². The molecule has 0 amide bonds. The van der Waals surface area contributed by atoms with E-state index >= 15 is 0 Å². The van der Waals surface area contributed by atoms with Gasteiger partial charge >= 0.3 is 0 Å². The number of nitrogens with zero attached hydrogens (tertiary/aromatic N) is 3. The Bertz CT molecular complexity index is 4100. The number of benzene rings is 11. The van der Waals surface area contributed by atoms with Crippen LogP contribution in [-0.2, 0) is 10.8 Å². The van der Waals surface area contributed by atoms with Gasteiger partial charge < -0.3 is 4.90 Å². The van der Waals surface area contributed by atoms with Gasteiger partial charge in [-0.3, -0.25) is 0 Å². The van der Waals surface area contributed by atoms with Gasteiger partial charge in [0.15, 0.2) is 5.82 Å². The highest BCUT2D eigenvalue weighted by Crippen LogP contribution is 2.67. The standard InChI is InChI=1S/C72H47N3/c1-4-22-48(23-5-1)50-26-20-28-53(44-50)67-47-66(49-24-6-2-7-25-49)73-70(74-67)54-29-21-27-51(45-54)52-42-43-69-65(46-52)72(64-40-18-19-41-68(64)75(69)55-30-8-3-9-31-55)62-38-16-14-36-60(62)71(61-37-15-17-39-63(61)72)58-34-12-10-32-56(58)57-33-11-13-35-59(57)71/h1-47H. The van der Waals surface area contributed by atoms with Crippen LogP contribution < -0.4 is 4.90 Å². The lowest BCUT2D eigenvalue weighted by Crippen LogP contribution is -2.47. The zero-order chi connectivity index (χ0) is 49.5. The summed E-state index contributed by atoms with van der Waals surface area (Å²) in [6, 6.07) is 105. The minimum atomic E-state index is -0.716. The average Bonchev–Trinajstić information content (AvgIpc) is 4.07. The smallest absolute Gasteiger partial charge is 0.160 e. The highest BCUT2D eigenvalue weighted by Gasteiger charge is 2.58. The lowest BCUT2D eigenvalue weighted by Gasteiger charge is -2.53. The number of hydrogen-bond donors (Lipinski definition) is 0. The Hall–Kier alpha value is -9.70. The Morgan fingerprint density at radius 1 is 0.240 bits per heavy atom. The van der Waals surface area contributed by atoms with E-state index in [1.54, 1.807) is 0 Å². The Morgan fingerprint density at radius 2 is 0.640 bits per heavy atom. The number of rotatable bonds is 6. The van der Waals surface area contributed by atoms with Crippen LogP contribution in [0.5, 0.6) is 0 Å². The van der Waals surface area contributed by atoms with Crippen LogP contribution in [0, 0.1) is 0 Å². The third-order valence-corrected chi connectivity index (χ3v) is 16.1. The van der Waals surface area contributed by atoms with Crippen molar-refractivity contribution in [2.45, 2.75) is 10.8 Å². The van der Waals surface area contributed by atoms with Crippen molar-refractivity contribution >= 4 is 17.1 Å². The second-order valence-electron chi connectivity index (χ2n) is 20.0. The van der Waals surface area contributed by atoms with Crippen molar-refractivity contribution in [3.63, 3.8) is 0 Å². The molecule has 0 fully saturated rings. The van der Waals surface area contributed by atoms with E-state index in [1.165, 1.54) is 66.9 Å². The molecule has 0 N–H and O–H groups in total. The van der Waals surface area contributed by atoms with Crippen LogP contribution in [0.3, 0.4) is 0 Å². The fourth-order valence-corrected chi connectivity index (χ4v) is 13.1. The molecule has 2 heterocycles. The first-order chi connectivity index (χ1) is 37.2. The van der Waals surface area contributed by atoms with Crippen LogP contribution in [0.1, 0.15) is 44.5 Å². The molecule has 0 unspecified atom stereocenters. The predicted octanol–water partition coefficient (Wildman–Crippen LogP) is 17.7. The number of anilines is 3. The summed E-state index contributed by atoms with van der Waals surface area (Å²) in [5.41, 5.74) is 24.4. The number of para-hydroxylation sites is 2. The summed E-state index contributed by atoms with van der Waals surface area (Å²) in [6.07, 6.45) is 0. The van der Waals surface area contributed by atoms with E-state index in [0.717, 1.165) is 56.1 Å². The van der Waals surface area contributed by atoms with E-state index in [2.05, 4.69) is 290 Å². The van der Waals surface area contributed by atoms with E-state index < -0.39 is 10.8 Å². The van der Waals surface area contributed by atoms with Crippen LogP contribution in [0.15, 0.2) is 285 Å². The summed E-state index contributed by atoms with van der Waals surface area (Å²) in [5, 5.41) is 0. The molecule has 350 valence electrons. The molecule has 75 heavy (non-hydrogen) atoms. The Morgan fingerprint density at radius 3 is 1.25 bits per heavy atom. The van der Waals surface area contributed by atoms with Gasteiger partial charge in [0.05, 0.1) is 33.6 Å². The van der Waals surface area contributed by atoms with E-state index in [-0.39, 0.29) is 0 Å². The number of hydrogen-bond acceptors (Lipinski definition) is 3. The summed E-state index contributed by atoms with van der Waals surface area (Å²) in [7, 11) is 0. The maximum Gasteiger partial charge on any atom is 0.160 e. The summed E-state index contributed by atoms with van der Waals surface area (Å²) in [6.45, 7) is 0. The van der Waals surface area contributed by atoms with Gasteiger partial charge in [-0.15, -0.1) is 0 Å². The first-order valence-electron chi connectivity index (χ1n) is 25.9. The minimum absolute atomic E-state index is 0.542. The SMILES string of the molecule is c1ccc(-c2cccc(-c3cc(-c4ccccc4)nc(-c4cccc(-c5ccc6c(c5)C5(c7ccccc7N6c6ccccc6)c6ccccc6C6(c7ccccc7-c7ccccc76)c6ccccc65)c4)n3)c2)cc1. The Balaban J connectivity index is 0.966. The molecule has 3 nitrogen and oxygen atoms in total. The molecule has 3 heteroatoms. The lowest BCUT2D eigenvalue weighted by atomic mass is 9.50. The molecule has 3 aliphatic rings. The first-order valence-corrected chi connectivity index (χ1v) is 25.9. The van der Waals surface area contributed by atoms with Gasteiger partial charge in [-0.25, -0.2) is 9.97 Å². The number of fused-ring (bicyclic) bond motifs is 15. The summed E-state index contributed by atoms with van der Waals surface area (Å²) < 4.78 is 0. The van der Waals surface area contributed by atoms with Gasteiger partial charge in [0, 0.05) is 22.4 Å². The Labute approximate surface area is 437 Å². The molecule has 2 spiro atoms. The van der Waals surface area contributed by atoms with Gasteiger partial charge in [-0.05, 0) is 126 Å². The van der Waals surface area contributed by atoms with Crippen LogP contribution in [-0.4, -0.2) is 9.97 Å². The van der Waals surface area contributed by atoms with E-state index in [0.29, 0.717) is 5.82 Å². The average molecular weight is 954 g/mol. The summed E-state index contributed by atoms with van der Waals surface area (Å²) >= 11 is 0. The zero-order valence-corrected chi connectivity index (χ0v) is 41.0. The molecule has 0 radical (unpaired) electrons. The zero-order valence-electron chi connectivity index (χ0n) is 41.0. The normalized spacial score (nSPS) is 13.8. The molecule has 11 aromatic carbocycles. The molecule has 15 rings (SSSR count). The monoisotopic (exact) mass is 953 g/mol. The molecule has 0 saturated carbocycles. The largest absolute Gasteiger partial charge is 0.310 e. The molecule has 2 aliphatic carbocycles. The van der Waals surface area contributed by atoms with Gasteiger partial charge in [-0.2, -0.15) is 0 Å². The van der Waals surface area contributed by atoms with Crippen molar-refractivity contribution in [2.75, 3.05) is 4.90 Å². The molecule has 0 saturated heterocycles. The molecular weight excluding hydrogens is 907 g/mol. The van der Waals surface area contributed by atoms with Crippen LogP contribution in [0.25, 0.3) is 67.3 Å². The maximum atomic E-state index is 5.38. The van der Waals surface area contributed by atoms with E-state index in [9.17, 15) is 0 Å². The van der Waals surface area contributed by atoms with Gasteiger partial charge in [0.2, 0.25) is 0 Å². The molecule has 12 aromatic rings. The van der Waals surface area contributed by atoms with Gasteiger partial charge in [0.25, 0.3) is 0 Å². The van der Waals surface area contributed by atoms with Crippen molar-refractivity contribution in [3.05, 3.63) is 330 Å². The molecular formula is C72H47N3. The van der Waals surface area contributed by atoms with E-state index in [1.807, 2.05) is 0 Å². The topological polar surface area (TPSA) is 29.0 Å². The highest BCUT2D eigenvalue weighted by atomic mass is 15.2. The van der Waals surface area contributed by atoms with Gasteiger partial charge in [-0.1, -0.05) is 237 Å². The fraction of sp³-hybridized carbons (Fsp3) is 0.0278. The lowest BCUT2D eigenvalue weighted by molar-refractivity contribution is 0.619. The van der Waals surface area contributed by atoms with E-state index in [4.69, 9.17) is 9.97 Å². The van der Waals surface area contributed by atoms with Crippen molar-refractivity contribution in [3.8, 4) is 67.3 Å². The highest BCUT2D eigenvalue weighted by molar-refractivity contribution is 5.95. The quantitative estimate of drug-likeness (QED) is 0.166. The summed E-state index contributed by atoms with van der Waals surface area (Å²) in [4.78, 5) is 13.2. The Kier molecular flexibility index (Phi) is 9.70. The minimum Gasteiger partial charge on any atom is -0.310 e. The van der Waals surface area contributed by atoms with Crippen molar-refractivity contribution in [2.24, 2.45) is 0 Å². The maximum absolute atomic E-state index is 5.38. The summed E-state index contributed by atoms with van der Waals surface area (Å²) in [5.74, 6) is 0.675. The van der Waals surface area contributed by atoms with Crippen molar-refractivity contribution in [1.29, 1.82) is 0 Å². The fourth-order valence-electron chi connectivity index (χ4n) is 13.1. The van der Waals surface area contributed by atoms with Gasteiger partial charge in [0.1, 0.15) is 0 Å². The second kappa shape index (κ2) is 16.9. The van der Waals surface area contributed by atoms with Crippen molar-refractivity contribution in [1.82, 2.24) is 9.97 Å².